The summed E-state index contributed by atoms with van der Waals surface area (Å²) < 4.78 is 5.11. The summed E-state index contributed by atoms with van der Waals surface area (Å²) in [6.45, 7) is 0.671. The Morgan fingerprint density at radius 2 is 2.30 bits per heavy atom. The topological polar surface area (TPSA) is 38.3 Å². The van der Waals surface area contributed by atoms with Gasteiger partial charge < -0.3 is 10.1 Å². The largest absolute Gasteiger partial charge is 0.497 e. The van der Waals surface area contributed by atoms with Crippen LogP contribution in [-0.4, -0.2) is 25.3 Å². The van der Waals surface area contributed by atoms with E-state index in [4.69, 9.17) is 4.74 Å². The first-order valence-corrected chi connectivity index (χ1v) is 8.40. The smallest absolute Gasteiger partial charge is 0.251 e. The second kappa shape index (κ2) is 7.97. The van der Waals surface area contributed by atoms with Gasteiger partial charge in [0.25, 0.3) is 5.91 Å². The third-order valence-electron chi connectivity index (χ3n) is 2.71. The van der Waals surface area contributed by atoms with Crippen molar-refractivity contribution in [3.8, 4) is 5.75 Å². The van der Waals surface area contributed by atoms with E-state index in [-0.39, 0.29) is 5.91 Å². The molecule has 106 valence electrons. The highest BCUT2D eigenvalue weighted by atomic mass is 32.2. The zero-order chi connectivity index (χ0) is 14.2. The van der Waals surface area contributed by atoms with Crippen molar-refractivity contribution in [1.82, 2.24) is 5.32 Å². The Morgan fingerprint density at radius 1 is 1.40 bits per heavy atom. The zero-order valence-electron chi connectivity index (χ0n) is 11.3. The van der Waals surface area contributed by atoms with E-state index in [0.717, 1.165) is 11.5 Å². The summed E-state index contributed by atoms with van der Waals surface area (Å²) in [5.41, 5.74) is 1.98. The molecule has 1 amide bonds. The summed E-state index contributed by atoms with van der Waals surface area (Å²) in [5.74, 6) is 2.55. The molecule has 0 radical (unpaired) electrons. The molecule has 2 aromatic rings. The predicted molar refractivity (Wildman–Crippen MR) is 85.8 cm³/mol. The molecule has 3 nitrogen and oxygen atoms in total. The maximum absolute atomic E-state index is 11.9. The third-order valence-corrected chi connectivity index (χ3v) is 4.48. The lowest BCUT2D eigenvalue weighted by atomic mass is 10.2. The van der Waals surface area contributed by atoms with Gasteiger partial charge in [0.05, 0.1) is 7.11 Å². The van der Waals surface area contributed by atoms with E-state index in [9.17, 15) is 4.79 Å². The van der Waals surface area contributed by atoms with E-state index in [2.05, 4.69) is 22.1 Å². The van der Waals surface area contributed by atoms with E-state index < -0.39 is 0 Å². The molecule has 0 atom stereocenters. The van der Waals surface area contributed by atoms with Crippen LogP contribution < -0.4 is 10.1 Å². The van der Waals surface area contributed by atoms with Crippen molar-refractivity contribution >= 4 is 29.0 Å². The third kappa shape index (κ3) is 4.58. The Balaban J connectivity index is 1.69. The Hall–Kier alpha value is -1.46. The Morgan fingerprint density at radius 3 is 3.05 bits per heavy atom. The minimum absolute atomic E-state index is 0.0555. The van der Waals surface area contributed by atoms with Crippen LogP contribution >= 0.6 is 23.1 Å². The molecular weight excluding hydrogens is 290 g/mol. The predicted octanol–water partition coefficient (Wildman–Crippen LogP) is 3.42. The molecule has 0 saturated heterocycles. The number of nitrogens with one attached hydrogen (secondary N) is 1. The number of carbonyl (C=O) groups excluding carboxylic acids is 1. The highest BCUT2D eigenvalue weighted by molar-refractivity contribution is 7.98. The van der Waals surface area contributed by atoms with Crippen molar-refractivity contribution in [3.05, 3.63) is 52.2 Å². The van der Waals surface area contributed by atoms with Crippen molar-refractivity contribution in [2.24, 2.45) is 0 Å². The van der Waals surface area contributed by atoms with Crippen molar-refractivity contribution < 1.29 is 9.53 Å². The maximum Gasteiger partial charge on any atom is 0.251 e. The molecule has 0 unspecified atom stereocenters. The molecular formula is C15H17NO2S2. The van der Waals surface area contributed by atoms with Crippen molar-refractivity contribution in [2.45, 2.75) is 5.75 Å². The standard InChI is InChI=1S/C15H17NO2S2/c1-18-14-4-2-3-13(9-14)15(17)16-6-8-20-11-12-5-7-19-10-12/h2-5,7,9-10H,6,8,11H2,1H3,(H,16,17). The Bertz CT molecular complexity index is 541. The summed E-state index contributed by atoms with van der Waals surface area (Å²) in [4.78, 5) is 11.9. The number of methoxy groups -OCH3 is 1. The minimum atomic E-state index is -0.0555. The lowest BCUT2D eigenvalue weighted by Crippen LogP contribution is -2.25. The second-order valence-corrected chi connectivity index (χ2v) is 6.06. The van der Waals surface area contributed by atoms with Crippen molar-refractivity contribution in [1.29, 1.82) is 0 Å². The minimum Gasteiger partial charge on any atom is -0.497 e. The molecule has 1 heterocycles. The summed E-state index contributed by atoms with van der Waals surface area (Å²) in [5, 5.41) is 7.16. The fraction of sp³-hybridized carbons (Fsp3) is 0.267. The molecule has 1 aromatic heterocycles. The molecule has 2 rings (SSSR count). The number of amides is 1. The number of benzene rings is 1. The fourth-order valence-corrected chi connectivity index (χ4v) is 3.25. The second-order valence-electron chi connectivity index (χ2n) is 4.17. The fourth-order valence-electron chi connectivity index (χ4n) is 1.67. The van der Waals surface area contributed by atoms with Crippen LogP contribution in [0.15, 0.2) is 41.1 Å². The normalized spacial score (nSPS) is 10.2. The molecule has 0 aliphatic rings. The molecule has 0 fully saturated rings. The van der Waals surface area contributed by atoms with Crippen LogP contribution in [0.5, 0.6) is 5.75 Å². The molecule has 20 heavy (non-hydrogen) atoms. The number of rotatable bonds is 7. The number of hydrogen-bond acceptors (Lipinski definition) is 4. The van der Waals surface area contributed by atoms with E-state index in [1.807, 2.05) is 23.9 Å². The zero-order valence-corrected chi connectivity index (χ0v) is 12.9. The van der Waals surface area contributed by atoms with Gasteiger partial charge in [-0.1, -0.05) is 6.07 Å². The van der Waals surface area contributed by atoms with Crippen molar-refractivity contribution in [3.63, 3.8) is 0 Å². The van der Waals surface area contributed by atoms with Gasteiger partial charge in [0.2, 0.25) is 0 Å². The number of thiophene rings is 1. The molecule has 0 aliphatic carbocycles. The average Bonchev–Trinajstić information content (AvgIpc) is 3.00. The summed E-state index contributed by atoms with van der Waals surface area (Å²) in [6.07, 6.45) is 0. The van der Waals surface area contributed by atoms with Crippen molar-refractivity contribution in [2.75, 3.05) is 19.4 Å². The van der Waals surface area contributed by atoms with Crippen LogP contribution in [0.2, 0.25) is 0 Å². The summed E-state index contributed by atoms with van der Waals surface area (Å²) in [7, 11) is 1.60. The Labute approximate surface area is 127 Å². The first-order valence-electron chi connectivity index (χ1n) is 6.30. The van der Waals surface area contributed by atoms with Gasteiger partial charge in [0, 0.05) is 23.6 Å². The van der Waals surface area contributed by atoms with Gasteiger partial charge in [-0.05, 0) is 40.6 Å². The van der Waals surface area contributed by atoms with E-state index in [1.165, 1.54) is 5.56 Å². The molecule has 0 bridgehead atoms. The van der Waals surface area contributed by atoms with Gasteiger partial charge in [-0.3, -0.25) is 4.79 Å². The summed E-state index contributed by atoms with van der Waals surface area (Å²) >= 11 is 3.54. The van der Waals surface area contributed by atoms with Gasteiger partial charge in [0.1, 0.15) is 5.75 Å². The lowest BCUT2D eigenvalue weighted by Gasteiger charge is -2.06. The number of ether oxygens (including phenoxy) is 1. The van der Waals surface area contributed by atoms with Crippen LogP contribution in [0.1, 0.15) is 15.9 Å². The quantitative estimate of drug-likeness (QED) is 0.797. The first kappa shape index (κ1) is 14.9. The monoisotopic (exact) mass is 307 g/mol. The molecule has 1 aromatic carbocycles. The van der Waals surface area contributed by atoms with Gasteiger partial charge >= 0.3 is 0 Å². The highest BCUT2D eigenvalue weighted by Gasteiger charge is 2.05. The average molecular weight is 307 g/mol. The Kier molecular flexibility index (Phi) is 5.95. The van der Waals surface area contributed by atoms with Gasteiger partial charge in [-0.25, -0.2) is 0 Å². The van der Waals surface area contributed by atoms with Crippen LogP contribution in [0.25, 0.3) is 0 Å². The van der Waals surface area contributed by atoms with E-state index >= 15 is 0 Å². The highest BCUT2D eigenvalue weighted by Crippen LogP contribution is 2.15. The summed E-state index contributed by atoms with van der Waals surface area (Å²) in [6, 6.07) is 9.31. The molecule has 1 N–H and O–H groups in total. The van der Waals surface area contributed by atoms with Crippen LogP contribution in [0, 0.1) is 0 Å². The number of hydrogen-bond donors (Lipinski definition) is 1. The molecule has 0 spiro atoms. The van der Waals surface area contributed by atoms with Crippen LogP contribution in [0.3, 0.4) is 0 Å². The van der Waals surface area contributed by atoms with Gasteiger partial charge in [-0.2, -0.15) is 23.1 Å². The van der Waals surface area contributed by atoms with Gasteiger partial charge in [0.15, 0.2) is 0 Å². The van der Waals surface area contributed by atoms with E-state index in [0.29, 0.717) is 17.9 Å². The van der Waals surface area contributed by atoms with Crippen LogP contribution in [0.4, 0.5) is 0 Å². The van der Waals surface area contributed by atoms with Gasteiger partial charge in [-0.15, -0.1) is 0 Å². The lowest BCUT2D eigenvalue weighted by molar-refractivity contribution is 0.0956. The van der Waals surface area contributed by atoms with E-state index in [1.54, 1.807) is 30.6 Å². The van der Waals surface area contributed by atoms with Crippen LogP contribution in [-0.2, 0) is 5.75 Å². The molecule has 0 saturated carbocycles. The SMILES string of the molecule is COc1cccc(C(=O)NCCSCc2ccsc2)c1. The molecule has 5 heteroatoms. The first-order chi connectivity index (χ1) is 9.79. The number of thioether (sulfide) groups is 1. The number of carbonyl (C=O) groups is 1. The maximum atomic E-state index is 11.9. The molecule has 0 aliphatic heterocycles.